The Morgan fingerprint density at radius 1 is 0.939 bits per heavy atom. The normalized spacial score (nSPS) is 10.6. The second-order valence-corrected chi connectivity index (χ2v) is 7.53. The van der Waals surface area contributed by atoms with Gasteiger partial charge in [-0.3, -0.25) is 9.59 Å². The van der Waals surface area contributed by atoms with Crippen molar-refractivity contribution in [2.75, 3.05) is 11.9 Å². The van der Waals surface area contributed by atoms with Crippen LogP contribution in [0.25, 0.3) is 0 Å². The fourth-order valence-corrected chi connectivity index (χ4v) is 3.00. The summed E-state index contributed by atoms with van der Waals surface area (Å²) in [6.45, 7) is 2.65. The van der Waals surface area contributed by atoms with Crippen LogP contribution in [0, 0.1) is 0 Å². The molecule has 3 aromatic carbocycles. The zero-order valence-corrected chi connectivity index (χ0v) is 19.2. The molecule has 0 fully saturated rings. The van der Waals surface area contributed by atoms with Gasteiger partial charge in [0, 0.05) is 5.02 Å². The third kappa shape index (κ3) is 7.24. The lowest BCUT2D eigenvalue weighted by atomic mass is 10.2. The standard InChI is InChI=1S/C24H21Cl2N3O4/c1-2-32-22-13-17(9-12-21(22)33-15-16-7-10-18(25)11-8-16)14-27-29-24(31)23(30)28-20-6-4-3-5-19(20)26/h3-14H,2,15H2,1H3,(H,28,30)(H,29,31)/b27-14-. The van der Waals surface area contributed by atoms with Crippen LogP contribution >= 0.6 is 23.2 Å². The first-order chi connectivity index (χ1) is 16.0. The summed E-state index contributed by atoms with van der Waals surface area (Å²) in [4.78, 5) is 24.0. The van der Waals surface area contributed by atoms with Gasteiger partial charge in [-0.15, -0.1) is 0 Å². The lowest BCUT2D eigenvalue weighted by Gasteiger charge is -2.12. The average Bonchev–Trinajstić information content (AvgIpc) is 2.81. The molecule has 0 aliphatic carbocycles. The number of carbonyl (C=O) groups is 2. The van der Waals surface area contributed by atoms with Gasteiger partial charge in [-0.05, 0) is 60.5 Å². The summed E-state index contributed by atoms with van der Waals surface area (Å²) in [5.74, 6) is -0.731. The van der Waals surface area contributed by atoms with Gasteiger partial charge in [0.25, 0.3) is 0 Å². The molecule has 2 N–H and O–H groups in total. The molecule has 0 atom stereocenters. The molecule has 0 bridgehead atoms. The third-order valence-corrected chi connectivity index (χ3v) is 4.86. The zero-order chi connectivity index (χ0) is 23.6. The van der Waals surface area contributed by atoms with Crippen molar-refractivity contribution in [1.29, 1.82) is 0 Å². The van der Waals surface area contributed by atoms with E-state index in [2.05, 4.69) is 15.8 Å². The van der Waals surface area contributed by atoms with Crippen molar-refractivity contribution in [1.82, 2.24) is 5.43 Å². The van der Waals surface area contributed by atoms with Crippen molar-refractivity contribution in [2.45, 2.75) is 13.5 Å². The van der Waals surface area contributed by atoms with Crippen LogP contribution in [-0.4, -0.2) is 24.6 Å². The minimum Gasteiger partial charge on any atom is -0.490 e. The minimum atomic E-state index is -0.931. The molecule has 9 heteroatoms. The Labute approximate surface area is 201 Å². The number of nitrogens with one attached hydrogen (secondary N) is 2. The largest absolute Gasteiger partial charge is 0.490 e. The molecule has 3 rings (SSSR count). The maximum atomic E-state index is 12.0. The number of halogens is 2. The Bertz CT molecular complexity index is 1150. The van der Waals surface area contributed by atoms with Crippen molar-refractivity contribution in [3.05, 3.63) is 87.9 Å². The number of carbonyl (C=O) groups excluding carboxylic acids is 2. The molecule has 0 radical (unpaired) electrons. The molecule has 0 spiro atoms. The van der Waals surface area contributed by atoms with Gasteiger partial charge in [-0.25, -0.2) is 5.43 Å². The Balaban J connectivity index is 1.59. The molecule has 3 aromatic rings. The number of amides is 2. The molecular formula is C24H21Cl2N3O4. The highest BCUT2D eigenvalue weighted by molar-refractivity contribution is 6.41. The topological polar surface area (TPSA) is 89.0 Å². The van der Waals surface area contributed by atoms with Crippen molar-refractivity contribution in [2.24, 2.45) is 5.10 Å². The number of rotatable bonds is 8. The van der Waals surface area contributed by atoms with E-state index >= 15 is 0 Å². The fraction of sp³-hybridized carbons (Fsp3) is 0.125. The van der Waals surface area contributed by atoms with Gasteiger partial charge < -0.3 is 14.8 Å². The molecule has 0 aliphatic rings. The quantitative estimate of drug-likeness (QED) is 0.265. The number of anilines is 1. The number of hydrogen-bond donors (Lipinski definition) is 2. The number of benzene rings is 3. The third-order valence-electron chi connectivity index (χ3n) is 4.28. The number of ether oxygens (including phenoxy) is 2. The van der Waals surface area contributed by atoms with E-state index < -0.39 is 11.8 Å². The van der Waals surface area contributed by atoms with E-state index in [4.69, 9.17) is 32.7 Å². The lowest BCUT2D eigenvalue weighted by Crippen LogP contribution is -2.32. The average molecular weight is 486 g/mol. The van der Waals surface area contributed by atoms with E-state index in [1.165, 1.54) is 6.21 Å². The second-order valence-electron chi connectivity index (χ2n) is 6.69. The Morgan fingerprint density at radius 2 is 1.70 bits per heavy atom. The summed E-state index contributed by atoms with van der Waals surface area (Å²) in [7, 11) is 0. The highest BCUT2D eigenvalue weighted by Crippen LogP contribution is 2.29. The van der Waals surface area contributed by atoms with E-state index in [1.807, 2.05) is 19.1 Å². The maximum Gasteiger partial charge on any atom is 0.329 e. The molecule has 7 nitrogen and oxygen atoms in total. The summed E-state index contributed by atoms with van der Waals surface area (Å²) in [5, 5.41) is 7.24. The summed E-state index contributed by atoms with van der Waals surface area (Å²) in [5.41, 5.74) is 4.12. The van der Waals surface area contributed by atoms with E-state index in [0.717, 1.165) is 5.56 Å². The monoisotopic (exact) mass is 485 g/mol. The van der Waals surface area contributed by atoms with Gasteiger partial charge >= 0.3 is 11.8 Å². The van der Waals surface area contributed by atoms with E-state index in [-0.39, 0.29) is 0 Å². The first-order valence-electron chi connectivity index (χ1n) is 9.99. The lowest BCUT2D eigenvalue weighted by molar-refractivity contribution is -0.136. The smallest absolute Gasteiger partial charge is 0.329 e. The van der Waals surface area contributed by atoms with E-state index in [0.29, 0.717) is 46.0 Å². The van der Waals surface area contributed by atoms with E-state index in [1.54, 1.807) is 54.6 Å². The molecule has 0 unspecified atom stereocenters. The summed E-state index contributed by atoms with van der Waals surface area (Å²) < 4.78 is 11.5. The number of para-hydroxylation sites is 1. The predicted octanol–water partition coefficient (Wildman–Crippen LogP) is 5.06. The van der Waals surface area contributed by atoms with Gasteiger partial charge in [-0.2, -0.15) is 5.10 Å². The zero-order valence-electron chi connectivity index (χ0n) is 17.7. The van der Waals surface area contributed by atoms with Crippen molar-refractivity contribution in [3.8, 4) is 11.5 Å². The summed E-state index contributed by atoms with van der Waals surface area (Å²) in [6.07, 6.45) is 1.40. The van der Waals surface area contributed by atoms with Crippen LogP contribution in [0.1, 0.15) is 18.1 Å². The Hall–Kier alpha value is -3.55. The molecular weight excluding hydrogens is 465 g/mol. The van der Waals surface area contributed by atoms with Crippen LogP contribution in [0.4, 0.5) is 5.69 Å². The van der Waals surface area contributed by atoms with Crippen LogP contribution in [0.5, 0.6) is 11.5 Å². The Morgan fingerprint density at radius 3 is 2.42 bits per heavy atom. The van der Waals surface area contributed by atoms with Crippen LogP contribution in [0.3, 0.4) is 0 Å². The highest BCUT2D eigenvalue weighted by Gasteiger charge is 2.14. The van der Waals surface area contributed by atoms with Gasteiger partial charge in [0.1, 0.15) is 6.61 Å². The molecule has 0 aromatic heterocycles. The maximum absolute atomic E-state index is 12.0. The van der Waals surface area contributed by atoms with Crippen LogP contribution in [0.2, 0.25) is 10.0 Å². The number of hydrogen-bond acceptors (Lipinski definition) is 5. The molecule has 170 valence electrons. The molecule has 33 heavy (non-hydrogen) atoms. The first-order valence-corrected chi connectivity index (χ1v) is 10.7. The van der Waals surface area contributed by atoms with Crippen LogP contribution in [-0.2, 0) is 16.2 Å². The second kappa shape index (κ2) is 11.9. The summed E-state index contributed by atoms with van der Waals surface area (Å²) in [6, 6.07) is 19.2. The molecule has 0 heterocycles. The molecule has 0 aliphatic heterocycles. The van der Waals surface area contributed by atoms with Crippen LogP contribution in [0.15, 0.2) is 71.8 Å². The number of hydrazone groups is 1. The van der Waals surface area contributed by atoms with E-state index in [9.17, 15) is 9.59 Å². The van der Waals surface area contributed by atoms with Gasteiger partial charge in [-0.1, -0.05) is 47.5 Å². The highest BCUT2D eigenvalue weighted by atomic mass is 35.5. The van der Waals surface area contributed by atoms with Gasteiger partial charge in [0.2, 0.25) is 0 Å². The predicted molar refractivity (Wildman–Crippen MR) is 129 cm³/mol. The summed E-state index contributed by atoms with van der Waals surface area (Å²) >= 11 is 11.9. The Kier molecular flexibility index (Phi) is 8.69. The number of nitrogens with zero attached hydrogens (tertiary/aromatic N) is 1. The minimum absolute atomic E-state index is 0.323. The van der Waals surface area contributed by atoms with Gasteiger partial charge in [0.05, 0.1) is 23.5 Å². The first kappa shape index (κ1) is 24.1. The molecule has 0 saturated heterocycles. The van der Waals surface area contributed by atoms with Crippen molar-refractivity contribution >= 4 is 46.9 Å². The molecule has 0 saturated carbocycles. The van der Waals surface area contributed by atoms with Gasteiger partial charge in [0.15, 0.2) is 11.5 Å². The molecule has 2 amide bonds. The van der Waals surface area contributed by atoms with Crippen molar-refractivity contribution in [3.63, 3.8) is 0 Å². The van der Waals surface area contributed by atoms with Crippen LogP contribution < -0.4 is 20.2 Å². The van der Waals surface area contributed by atoms with Crippen molar-refractivity contribution < 1.29 is 19.1 Å². The SMILES string of the molecule is CCOc1cc(/C=N\NC(=O)C(=O)Nc2ccccc2Cl)ccc1OCc1ccc(Cl)cc1. The fourth-order valence-electron chi connectivity index (χ4n) is 2.69.